The zero-order valence-corrected chi connectivity index (χ0v) is 14.3. The Labute approximate surface area is 148 Å². The minimum atomic E-state index is -0.631. The second kappa shape index (κ2) is 6.54. The van der Waals surface area contributed by atoms with E-state index in [0.717, 1.165) is 21.0 Å². The van der Waals surface area contributed by atoms with Crippen molar-refractivity contribution in [2.75, 3.05) is 0 Å². The smallest absolute Gasteiger partial charge is 0.401 e. The predicted octanol–water partition coefficient (Wildman–Crippen LogP) is 3.68. The van der Waals surface area contributed by atoms with Gasteiger partial charge in [-0.3, -0.25) is 14.9 Å². The molecule has 0 atom stereocenters. The minimum Gasteiger partial charge on any atom is -0.401 e. The van der Waals surface area contributed by atoms with Gasteiger partial charge >= 0.3 is 5.88 Å². The highest BCUT2D eigenvalue weighted by atomic mass is 127. The molecule has 9 heteroatoms. The first-order valence-corrected chi connectivity index (χ1v) is 8.20. The largest absolute Gasteiger partial charge is 0.433 e. The molecule has 1 saturated heterocycles. The SMILES string of the molecule is O=C1NC(=Nc2ccc(I)cc2)S/C1=C\c1ccc([N+](=O)[O-])o1. The summed E-state index contributed by atoms with van der Waals surface area (Å²) in [6, 6.07) is 10.2. The van der Waals surface area contributed by atoms with Gasteiger partial charge in [0.25, 0.3) is 5.91 Å². The molecule has 0 saturated carbocycles. The van der Waals surface area contributed by atoms with Crippen LogP contribution in [0.5, 0.6) is 0 Å². The number of amidine groups is 1. The Hall–Kier alpha value is -2.14. The third-order valence-corrected chi connectivity index (χ3v) is 4.40. The van der Waals surface area contributed by atoms with Crippen molar-refractivity contribution in [3.8, 4) is 0 Å². The van der Waals surface area contributed by atoms with Crippen LogP contribution in [0.3, 0.4) is 0 Å². The highest BCUT2D eigenvalue weighted by Crippen LogP contribution is 2.29. The lowest BCUT2D eigenvalue weighted by Crippen LogP contribution is -2.19. The molecule has 2 heterocycles. The van der Waals surface area contributed by atoms with Crippen molar-refractivity contribution >= 4 is 63.1 Å². The Bertz CT molecular complexity index is 842. The second-order valence-electron chi connectivity index (χ2n) is 4.39. The number of carbonyl (C=O) groups is 1. The fourth-order valence-corrected chi connectivity index (χ4v) is 2.94. The molecular weight excluding hydrogens is 433 g/mol. The third kappa shape index (κ3) is 3.79. The zero-order valence-electron chi connectivity index (χ0n) is 11.4. The van der Waals surface area contributed by atoms with E-state index in [0.29, 0.717) is 10.1 Å². The van der Waals surface area contributed by atoms with E-state index in [4.69, 9.17) is 4.42 Å². The van der Waals surface area contributed by atoms with E-state index in [9.17, 15) is 14.9 Å². The molecule has 0 unspecified atom stereocenters. The molecule has 1 aliphatic heterocycles. The number of hydrogen-bond donors (Lipinski definition) is 1. The molecule has 2 aromatic rings. The van der Waals surface area contributed by atoms with Gasteiger partial charge in [0.2, 0.25) is 0 Å². The molecule has 1 aliphatic rings. The van der Waals surface area contributed by atoms with E-state index in [2.05, 4.69) is 32.9 Å². The van der Waals surface area contributed by atoms with Gasteiger partial charge in [0.1, 0.15) is 10.7 Å². The summed E-state index contributed by atoms with van der Waals surface area (Å²) >= 11 is 3.34. The van der Waals surface area contributed by atoms with E-state index in [1.165, 1.54) is 18.2 Å². The van der Waals surface area contributed by atoms with Gasteiger partial charge in [-0.2, -0.15) is 0 Å². The molecule has 1 N–H and O–H groups in total. The number of hydrogen-bond acceptors (Lipinski definition) is 6. The molecule has 1 amide bonds. The standard InChI is InChI=1S/C14H8IN3O4S/c15-8-1-3-9(4-2-8)16-14-17-13(19)11(23-14)7-10-5-6-12(22-10)18(20)21/h1-7H,(H,16,17,19)/b11-7-. The van der Waals surface area contributed by atoms with E-state index in [-0.39, 0.29) is 17.6 Å². The lowest BCUT2D eigenvalue weighted by Gasteiger charge is -1.96. The first-order valence-electron chi connectivity index (χ1n) is 6.30. The van der Waals surface area contributed by atoms with Crippen LogP contribution in [0.15, 0.2) is 50.7 Å². The Morgan fingerprint density at radius 1 is 1.26 bits per heavy atom. The van der Waals surface area contributed by atoms with Crippen LogP contribution in [0, 0.1) is 13.7 Å². The summed E-state index contributed by atoms with van der Waals surface area (Å²) in [6.45, 7) is 0. The molecule has 116 valence electrons. The molecule has 1 fully saturated rings. The van der Waals surface area contributed by atoms with E-state index < -0.39 is 4.92 Å². The number of furan rings is 1. The summed E-state index contributed by atoms with van der Waals surface area (Å²) in [5.41, 5.74) is 0.725. The van der Waals surface area contributed by atoms with Crippen molar-refractivity contribution in [3.05, 3.63) is 60.7 Å². The number of nitrogens with zero attached hydrogens (tertiary/aromatic N) is 2. The Kier molecular flexibility index (Phi) is 4.48. The van der Waals surface area contributed by atoms with Gasteiger partial charge in [0.15, 0.2) is 5.17 Å². The average Bonchev–Trinajstić information content (AvgIpc) is 3.10. The van der Waals surface area contributed by atoms with Gasteiger partial charge in [-0.05, 0) is 64.7 Å². The van der Waals surface area contributed by atoms with Crippen molar-refractivity contribution in [2.45, 2.75) is 0 Å². The van der Waals surface area contributed by atoms with Crippen molar-refractivity contribution in [1.82, 2.24) is 5.32 Å². The molecule has 0 bridgehead atoms. The van der Waals surface area contributed by atoms with Crippen LogP contribution in [-0.4, -0.2) is 16.0 Å². The van der Waals surface area contributed by atoms with Crippen LogP contribution in [-0.2, 0) is 4.79 Å². The first kappa shape index (κ1) is 15.7. The maximum atomic E-state index is 11.9. The van der Waals surface area contributed by atoms with Gasteiger partial charge < -0.3 is 9.73 Å². The molecule has 0 spiro atoms. The van der Waals surface area contributed by atoms with Gasteiger partial charge in [0.05, 0.1) is 16.7 Å². The van der Waals surface area contributed by atoms with Crippen LogP contribution >= 0.6 is 34.4 Å². The number of nitrogens with one attached hydrogen (secondary N) is 1. The van der Waals surface area contributed by atoms with Gasteiger partial charge in [-0.25, -0.2) is 4.99 Å². The monoisotopic (exact) mass is 441 g/mol. The first-order chi connectivity index (χ1) is 11.0. The Morgan fingerprint density at radius 3 is 2.65 bits per heavy atom. The summed E-state index contributed by atoms with van der Waals surface area (Å²) in [5, 5.41) is 13.7. The molecule has 0 radical (unpaired) electrons. The van der Waals surface area contributed by atoms with Crippen molar-refractivity contribution in [1.29, 1.82) is 0 Å². The number of carbonyl (C=O) groups excluding carboxylic acids is 1. The fraction of sp³-hybridized carbons (Fsp3) is 0. The predicted molar refractivity (Wildman–Crippen MR) is 95.3 cm³/mol. The second-order valence-corrected chi connectivity index (χ2v) is 6.67. The normalized spacial score (nSPS) is 17.7. The third-order valence-electron chi connectivity index (χ3n) is 2.77. The molecule has 7 nitrogen and oxygen atoms in total. The van der Waals surface area contributed by atoms with Gasteiger partial charge in [0, 0.05) is 9.65 Å². The summed E-state index contributed by atoms with van der Waals surface area (Å²) < 4.78 is 6.10. The molecule has 0 aliphatic carbocycles. The number of nitro groups is 1. The van der Waals surface area contributed by atoms with Crippen LogP contribution in [0.2, 0.25) is 0 Å². The number of benzene rings is 1. The highest BCUT2D eigenvalue weighted by Gasteiger charge is 2.24. The molecule has 1 aromatic heterocycles. The molecule has 1 aromatic carbocycles. The number of rotatable bonds is 3. The molecular formula is C14H8IN3O4S. The summed E-state index contributed by atoms with van der Waals surface area (Å²) in [6.07, 6.45) is 1.45. The molecule has 3 rings (SSSR count). The van der Waals surface area contributed by atoms with Crippen molar-refractivity contribution in [3.63, 3.8) is 0 Å². The van der Waals surface area contributed by atoms with Gasteiger partial charge in [-0.15, -0.1) is 0 Å². The topological polar surface area (TPSA) is 97.7 Å². The van der Waals surface area contributed by atoms with Crippen LogP contribution in [0.4, 0.5) is 11.6 Å². The van der Waals surface area contributed by atoms with Crippen LogP contribution < -0.4 is 5.32 Å². The van der Waals surface area contributed by atoms with Crippen molar-refractivity contribution in [2.24, 2.45) is 4.99 Å². The van der Waals surface area contributed by atoms with Crippen LogP contribution in [0.25, 0.3) is 6.08 Å². The fourth-order valence-electron chi connectivity index (χ4n) is 1.76. The van der Waals surface area contributed by atoms with Crippen LogP contribution in [0.1, 0.15) is 5.76 Å². The number of halogens is 1. The number of aliphatic imine (C=N–C) groups is 1. The Balaban J connectivity index is 1.80. The minimum absolute atomic E-state index is 0.241. The summed E-state index contributed by atoms with van der Waals surface area (Å²) in [5.74, 6) is -0.448. The summed E-state index contributed by atoms with van der Waals surface area (Å²) in [7, 11) is 0. The molecule has 23 heavy (non-hydrogen) atoms. The highest BCUT2D eigenvalue weighted by molar-refractivity contribution is 14.1. The van der Waals surface area contributed by atoms with Crippen molar-refractivity contribution < 1.29 is 14.1 Å². The average molecular weight is 441 g/mol. The van der Waals surface area contributed by atoms with Gasteiger partial charge in [-0.1, -0.05) is 0 Å². The summed E-state index contributed by atoms with van der Waals surface area (Å²) in [4.78, 5) is 26.6. The maximum Gasteiger partial charge on any atom is 0.433 e. The quantitative estimate of drug-likeness (QED) is 0.339. The van der Waals surface area contributed by atoms with E-state index in [1.54, 1.807) is 0 Å². The number of amides is 1. The lowest BCUT2D eigenvalue weighted by molar-refractivity contribution is -0.402. The maximum absolute atomic E-state index is 11.9. The zero-order chi connectivity index (χ0) is 16.4. The Morgan fingerprint density at radius 2 is 2.00 bits per heavy atom. The van der Waals surface area contributed by atoms with E-state index in [1.807, 2.05) is 24.3 Å². The number of thioether (sulfide) groups is 1. The lowest BCUT2D eigenvalue weighted by atomic mass is 10.3. The van der Waals surface area contributed by atoms with E-state index >= 15 is 0 Å².